The second-order valence-corrected chi connectivity index (χ2v) is 6.17. The van der Waals surface area contributed by atoms with Crippen molar-refractivity contribution in [1.29, 1.82) is 0 Å². The minimum Gasteiger partial charge on any atom is -0.313 e. The highest BCUT2D eigenvalue weighted by Gasteiger charge is 2.21. The highest BCUT2D eigenvalue weighted by atomic mass is 32.2. The summed E-state index contributed by atoms with van der Waals surface area (Å²) in [6.45, 7) is 0.907. The normalized spacial score (nSPS) is 21.4. The Labute approximate surface area is 101 Å². The summed E-state index contributed by atoms with van der Waals surface area (Å²) in [6.07, 6.45) is 4.85. The van der Waals surface area contributed by atoms with Gasteiger partial charge in [0.25, 0.3) is 0 Å². The first-order chi connectivity index (χ1) is 8.05. The van der Waals surface area contributed by atoms with Gasteiger partial charge in [0.15, 0.2) is 5.82 Å². The van der Waals surface area contributed by atoms with E-state index in [1.54, 1.807) is 24.0 Å². The van der Waals surface area contributed by atoms with Crippen LogP contribution in [0.15, 0.2) is 12.3 Å². The summed E-state index contributed by atoms with van der Waals surface area (Å²) in [5.41, 5.74) is 0. The Hall–Kier alpha value is -1.08. The van der Waals surface area contributed by atoms with Gasteiger partial charge in [0.05, 0.1) is 5.75 Å². The number of aryl methyl sites for hydroxylation is 1. The topological polar surface area (TPSA) is 76.0 Å². The third-order valence-electron chi connectivity index (χ3n) is 2.81. The van der Waals surface area contributed by atoms with Crippen molar-refractivity contribution in [3.63, 3.8) is 0 Å². The fourth-order valence-corrected chi connectivity index (χ4v) is 3.33. The lowest BCUT2D eigenvalue weighted by Crippen LogP contribution is -2.40. The van der Waals surface area contributed by atoms with Crippen molar-refractivity contribution in [2.24, 2.45) is 7.05 Å². The van der Waals surface area contributed by atoms with Gasteiger partial charge < -0.3 is 5.32 Å². The molecule has 2 rings (SSSR count). The maximum atomic E-state index is 11.9. The molecule has 17 heavy (non-hydrogen) atoms. The van der Waals surface area contributed by atoms with Gasteiger partial charge in [0.1, 0.15) is 0 Å². The maximum Gasteiger partial charge on any atom is 0.235 e. The number of aromatic nitrogens is 2. The molecule has 0 aliphatic carbocycles. The van der Waals surface area contributed by atoms with Gasteiger partial charge in [-0.3, -0.25) is 9.40 Å². The molecule has 7 heteroatoms. The smallest absolute Gasteiger partial charge is 0.235 e. The van der Waals surface area contributed by atoms with Crippen molar-refractivity contribution in [2.45, 2.75) is 25.3 Å². The van der Waals surface area contributed by atoms with Crippen LogP contribution < -0.4 is 10.0 Å². The molecule has 1 unspecified atom stereocenters. The molecule has 6 nitrogen and oxygen atoms in total. The molecule has 0 amide bonds. The van der Waals surface area contributed by atoms with Crippen LogP contribution in [-0.4, -0.2) is 36.5 Å². The summed E-state index contributed by atoms with van der Waals surface area (Å²) >= 11 is 0. The molecule has 0 bridgehead atoms. The van der Waals surface area contributed by atoms with E-state index in [2.05, 4.69) is 15.1 Å². The lowest BCUT2D eigenvalue weighted by atomic mass is 10.1. The summed E-state index contributed by atoms with van der Waals surface area (Å²) in [6, 6.07) is 1.70. The second-order valence-electron chi connectivity index (χ2n) is 4.40. The monoisotopic (exact) mass is 258 g/mol. The van der Waals surface area contributed by atoms with E-state index in [9.17, 15) is 8.42 Å². The van der Waals surface area contributed by atoms with Crippen molar-refractivity contribution >= 4 is 15.8 Å². The summed E-state index contributed by atoms with van der Waals surface area (Å²) in [4.78, 5) is 0. The molecule has 0 spiro atoms. The van der Waals surface area contributed by atoms with Crippen LogP contribution in [0.3, 0.4) is 0 Å². The number of nitrogens with one attached hydrogen (secondary N) is 2. The van der Waals surface area contributed by atoms with Crippen LogP contribution in [0.5, 0.6) is 0 Å². The third-order valence-corrected chi connectivity index (χ3v) is 4.17. The van der Waals surface area contributed by atoms with Gasteiger partial charge in [0.2, 0.25) is 10.0 Å². The molecule has 2 heterocycles. The lowest BCUT2D eigenvalue weighted by Gasteiger charge is -2.23. The lowest BCUT2D eigenvalue weighted by molar-refractivity contribution is 0.424. The van der Waals surface area contributed by atoms with Gasteiger partial charge in [-0.15, -0.1) is 0 Å². The van der Waals surface area contributed by atoms with Gasteiger partial charge in [-0.25, -0.2) is 8.42 Å². The van der Waals surface area contributed by atoms with E-state index >= 15 is 0 Å². The third kappa shape index (κ3) is 3.71. The summed E-state index contributed by atoms with van der Waals surface area (Å²) in [5.74, 6) is 0.493. The molecule has 1 aliphatic rings. The quantitative estimate of drug-likeness (QED) is 0.814. The van der Waals surface area contributed by atoms with Crippen molar-refractivity contribution in [3.05, 3.63) is 12.3 Å². The number of hydrogen-bond donors (Lipinski definition) is 2. The molecule has 96 valence electrons. The largest absolute Gasteiger partial charge is 0.313 e. The van der Waals surface area contributed by atoms with Crippen molar-refractivity contribution in [2.75, 3.05) is 17.0 Å². The van der Waals surface area contributed by atoms with E-state index in [4.69, 9.17) is 0 Å². The van der Waals surface area contributed by atoms with E-state index in [-0.39, 0.29) is 11.8 Å². The minimum atomic E-state index is -3.31. The van der Waals surface area contributed by atoms with Crippen LogP contribution >= 0.6 is 0 Å². The number of hydrogen-bond acceptors (Lipinski definition) is 4. The molecule has 1 saturated heterocycles. The Morgan fingerprint density at radius 2 is 2.41 bits per heavy atom. The minimum absolute atomic E-state index is 0.0602. The second kappa shape index (κ2) is 5.05. The molecular weight excluding hydrogens is 240 g/mol. The average molecular weight is 258 g/mol. The van der Waals surface area contributed by atoms with Gasteiger partial charge in [-0.1, -0.05) is 6.42 Å². The van der Waals surface area contributed by atoms with Crippen molar-refractivity contribution in [1.82, 2.24) is 15.1 Å². The van der Waals surface area contributed by atoms with Crippen molar-refractivity contribution < 1.29 is 8.42 Å². The van der Waals surface area contributed by atoms with E-state index in [0.29, 0.717) is 5.82 Å². The number of sulfonamides is 1. The van der Waals surface area contributed by atoms with Crippen LogP contribution in [-0.2, 0) is 17.1 Å². The Balaban J connectivity index is 1.94. The van der Waals surface area contributed by atoms with Crippen LogP contribution in [0, 0.1) is 0 Å². The zero-order valence-corrected chi connectivity index (χ0v) is 10.7. The van der Waals surface area contributed by atoms with Crippen LogP contribution in [0.25, 0.3) is 0 Å². The maximum absolute atomic E-state index is 11.9. The summed E-state index contributed by atoms with van der Waals surface area (Å²) < 4.78 is 27.8. The van der Waals surface area contributed by atoms with Gasteiger partial charge in [-0.05, 0) is 19.4 Å². The Bertz CT molecular complexity index is 462. The van der Waals surface area contributed by atoms with E-state index in [1.807, 2.05) is 0 Å². The first kappa shape index (κ1) is 12.4. The van der Waals surface area contributed by atoms with Gasteiger partial charge in [0, 0.05) is 25.4 Å². The number of rotatable bonds is 4. The standard InChI is InChI=1S/C10H18N4O2S/c1-14-7-5-10(12-14)13-17(15,16)8-9-4-2-3-6-11-9/h5,7,9,11H,2-4,6,8H2,1H3,(H,12,13). The number of piperidine rings is 1. The highest BCUT2D eigenvalue weighted by molar-refractivity contribution is 7.92. The zero-order chi connectivity index (χ0) is 12.3. The molecule has 0 aromatic carbocycles. The van der Waals surface area contributed by atoms with E-state index in [0.717, 1.165) is 25.8 Å². The average Bonchev–Trinajstić information content (AvgIpc) is 2.63. The molecule has 2 N–H and O–H groups in total. The summed E-state index contributed by atoms with van der Waals surface area (Å²) in [5, 5.41) is 7.22. The SMILES string of the molecule is Cn1ccc(NS(=O)(=O)CC2CCCCN2)n1. The van der Waals surface area contributed by atoms with Crippen molar-refractivity contribution in [3.8, 4) is 0 Å². The predicted molar refractivity (Wildman–Crippen MR) is 66.3 cm³/mol. The molecule has 0 radical (unpaired) electrons. The zero-order valence-electron chi connectivity index (χ0n) is 9.89. The highest BCUT2D eigenvalue weighted by Crippen LogP contribution is 2.11. The molecule has 1 aromatic heterocycles. The number of anilines is 1. The molecule has 1 atom stereocenters. The van der Waals surface area contributed by atoms with Crippen LogP contribution in [0.1, 0.15) is 19.3 Å². The van der Waals surface area contributed by atoms with Crippen LogP contribution in [0.4, 0.5) is 5.82 Å². The Morgan fingerprint density at radius 1 is 1.59 bits per heavy atom. The first-order valence-electron chi connectivity index (χ1n) is 5.79. The van der Waals surface area contributed by atoms with Gasteiger partial charge in [-0.2, -0.15) is 5.10 Å². The van der Waals surface area contributed by atoms with E-state index in [1.165, 1.54) is 0 Å². The molecule has 1 aromatic rings. The summed E-state index contributed by atoms with van der Waals surface area (Å²) in [7, 11) is -1.56. The molecule has 1 aliphatic heterocycles. The van der Waals surface area contributed by atoms with Gasteiger partial charge >= 0.3 is 0 Å². The fourth-order valence-electron chi connectivity index (χ4n) is 2.00. The molecule has 0 saturated carbocycles. The predicted octanol–water partition coefficient (Wildman–Crippen LogP) is 0.304. The van der Waals surface area contributed by atoms with Crippen LogP contribution in [0.2, 0.25) is 0 Å². The number of nitrogens with zero attached hydrogens (tertiary/aromatic N) is 2. The molecular formula is C10H18N4O2S. The Kier molecular flexibility index (Phi) is 3.68. The first-order valence-corrected chi connectivity index (χ1v) is 7.44. The Morgan fingerprint density at radius 3 is 3.00 bits per heavy atom. The fraction of sp³-hybridized carbons (Fsp3) is 0.700. The molecule has 1 fully saturated rings. The van der Waals surface area contributed by atoms with E-state index < -0.39 is 10.0 Å².